The Morgan fingerprint density at radius 1 is 1.04 bits per heavy atom. The maximum atomic E-state index is 12.5. The molecular weight excluding hydrogens is 304 g/mol. The number of nitrogens with two attached hydrogens (primary N) is 1. The third-order valence-electron chi connectivity index (χ3n) is 3.55. The lowest BCUT2D eigenvalue weighted by Gasteiger charge is -2.24. The van der Waals surface area contributed by atoms with Gasteiger partial charge in [-0.15, -0.1) is 0 Å². The molecule has 3 rings (SSSR count). The number of rotatable bonds is 4. The van der Waals surface area contributed by atoms with Crippen molar-refractivity contribution < 1.29 is 18.3 Å². The molecule has 7 heteroatoms. The largest absolute Gasteiger partial charge is 0.435 e. The Balaban J connectivity index is 2.09. The van der Waals surface area contributed by atoms with Crippen molar-refractivity contribution in [3.63, 3.8) is 0 Å². The monoisotopic (exact) mass is 317 g/mol. The number of alkyl halides is 2. The molecule has 0 fully saturated rings. The van der Waals surface area contributed by atoms with Crippen molar-refractivity contribution in [2.45, 2.75) is 12.2 Å². The van der Waals surface area contributed by atoms with Crippen LogP contribution in [0.5, 0.6) is 5.75 Å². The fourth-order valence-electron chi connectivity index (χ4n) is 2.58. The molecule has 1 unspecified atom stereocenters. The van der Waals surface area contributed by atoms with Gasteiger partial charge in [-0.3, -0.25) is 10.1 Å². The highest BCUT2D eigenvalue weighted by Crippen LogP contribution is 2.37. The summed E-state index contributed by atoms with van der Waals surface area (Å²) in [6.07, 6.45) is 0. The van der Waals surface area contributed by atoms with Gasteiger partial charge in [-0.1, -0.05) is 42.5 Å². The van der Waals surface area contributed by atoms with Crippen molar-refractivity contribution in [3.05, 3.63) is 65.7 Å². The molecule has 118 valence electrons. The number of nitrogens with zero attached hydrogens (tertiary/aromatic N) is 1. The molecule has 1 heterocycles. The van der Waals surface area contributed by atoms with E-state index >= 15 is 0 Å². The Morgan fingerprint density at radius 2 is 1.65 bits per heavy atom. The van der Waals surface area contributed by atoms with Gasteiger partial charge in [0.05, 0.1) is 0 Å². The van der Waals surface area contributed by atoms with E-state index in [1.807, 2.05) is 6.07 Å². The molecule has 1 aliphatic heterocycles. The zero-order valence-electron chi connectivity index (χ0n) is 11.9. The average molecular weight is 317 g/mol. The number of hydrogen-bond acceptors (Lipinski definition) is 4. The molecule has 23 heavy (non-hydrogen) atoms. The molecule has 2 aromatic carbocycles. The highest BCUT2D eigenvalue weighted by Gasteiger charge is 2.46. The molecular formula is C16H13F2N3O2. The zero-order valence-corrected chi connectivity index (χ0v) is 11.9. The second-order valence-corrected chi connectivity index (χ2v) is 4.93. The summed E-state index contributed by atoms with van der Waals surface area (Å²) in [4.78, 5) is 16.8. The van der Waals surface area contributed by atoms with Crippen LogP contribution in [0.3, 0.4) is 0 Å². The van der Waals surface area contributed by atoms with E-state index in [0.717, 1.165) is 0 Å². The van der Waals surface area contributed by atoms with Gasteiger partial charge in [-0.2, -0.15) is 8.78 Å². The van der Waals surface area contributed by atoms with E-state index < -0.39 is 18.1 Å². The van der Waals surface area contributed by atoms with E-state index in [0.29, 0.717) is 11.1 Å². The van der Waals surface area contributed by atoms with E-state index in [1.54, 1.807) is 24.3 Å². The Labute approximate surface area is 130 Å². The molecule has 0 radical (unpaired) electrons. The third-order valence-corrected chi connectivity index (χ3v) is 3.55. The molecule has 0 aliphatic carbocycles. The summed E-state index contributed by atoms with van der Waals surface area (Å²) in [5, 5.41) is 2.49. The predicted octanol–water partition coefficient (Wildman–Crippen LogP) is 1.98. The van der Waals surface area contributed by atoms with Crippen LogP contribution in [-0.2, 0) is 10.3 Å². The second kappa shape index (κ2) is 5.68. The molecule has 1 atom stereocenters. The Kier molecular flexibility index (Phi) is 3.69. The smallest absolute Gasteiger partial charge is 0.387 e. The van der Waals surface area contributed by atoms with E-state index in [4.69, 9.17) is 5.73 Å². The predicted molar refractivity (Wildman–Crippen MR) is 80.1 cm³/mol. The highest BCUT2D eigenvalue weighted by atomic mass is 19.3. The minimum Gasteiger partial charge on any atom is -0.435 e. The molecule has 1 aliphatic rings. The third kappa shape index (κ3) is 2.61. The maximum Gasteiger partial charge on any atom is 0.387 e. The summed E-state index contributed by atoms with van der Waals surface area (Å²) >= 11 is 0. The highest BCUT2D eigenvalue weighted by molar-refractivity contribution is 6.09. The van der Waals surface area contributed by atoms with E-state index in [1.165, 1.54) is 24.3 Å². The van der Waals surface area contributed by atoms with Crippen molar-refractivity contribution in [3.8, 4) is 5.75 Å². The van der Waals surface area contributed by atoms with E-state index in [9.17, 15) is 13.6 Å². The number of carbonyl (C=O) groups excluding carboxylic acids is 1. The van der Waals surface area contributed by atoms with Crippen LogP contribution in [0.25, 0.3) is 0 Å². The number of guanidine groups is 1. The Bertz CT molecular complexity index is 748. The van der Waals surface area contributed by atoms with Crippen LogP contribution < -0.4 is 15.8 Å². The van der Waals surface area contributed by atoms with Crippen LogP contribution in [-0.4, -0.2) is 18.5 Å². The van der Waals surface area contributed by atoms with Crippen molar-refractivity contribution in [2.24, 2.45) is 10.7 Å². The number of benzene rings is 2. The number of hydrogen-bond donors (Lipinski definition) is 2. The maximum absolute atomic E-state index is 12.5. The molecule has 0 saturated carbocycles. The lowest BCUT2D eigenvalue weighted by Crippen LogP contribution is -2.39. The average Bonchev–Trinajstić information content (AvgIpc) is 2.84. The summed E-state index contributed by atoms with van der Waals surface area (Å²) in [7, 11) is 0. The molecule has 1 amide bonds. The topological polar surface area (TPSA) is 76.7 Å². The van der Waals surface area contributed by atoms with Gasteiger partial charge in [0, 0.05) is 0 Å². The van der Waals surface area contributed by atoms with Crippen LogP contribution >= 0.6 is 0 Å². The van der Waals surface area contributed by atoms with Crippen molar-refractivity contribution in [2.75, 3.05) is 0 Å². The van der Waals surface area contributed by atoms with Crippen molar-refractivity contribution >= 4 is 11.9 Å². The Morgan fingerprint density at radius 3 is 2.17 bits per heavy atom. The van der Waals surface area contributed by atoms with Crippen molar-refractivity contribution in [1.29, 1.82) is 0 Å². The quantitative estimate of drug-likeness (QED) is 0.905. The molecule has 0 saturated heterocycles. The van der Waals surface area contributed by atoms with Crippen LogP contribution in [0.1, 0.15) is 11.1 Å². The summed E-state index contributed by atoms with van der Waals surface area (Å²) in [6, 6.07) is 14.7. The van der Waals surface area contributed by atoms with Gasteiger partial charge in [0.2, 0.25) is 0 Å². The lowest BCUT2D eigenvalue weighted by atomic mass is 9.83. The fraction of sp³-hybridized carbons (Fsp3) is 0.125. The van der Waals surface area contributed by atoms with Gasteiger partial charge >= 0.3 is 6.61 Å². The van der Waals surface area contributed by atoms with Gasteiger partial charge in [-0.05, 0) is 23.3 Å². The van der Waals surface area contributed by atoms with E-state index in [2.05, 4.69) is 15.0 Å². The number of aliphatic imine (C=N–C) groups is 1. The molecule has 2 aromatic rings. The van der Waals surface area contributed by atoms with Crippen LogP contribution in [0.4, 0.5) is 8.78 Å². The van der Waals surface area contributed by atoms with Gasteiger partial charge in [0.25, 0.3) is 5.91 Å². The standard InChI is InChI=1S/C16H13F2N3O2/c17-14(18)23-12-8-6-11(7-9-12)16(10-4-2-1-3-5-10)13(22)20-15(19)21-16/h1-9,14H,(H3,19,20,21,22). The molecule has 3 N–H and O–H groups in total. The minimum absolute atomic E-state index is 0.00215. The van der Waals surface area contributed by atoms with E-state index in [-0.39, 0.29) is 11.7 Å². The first-order valence-electron chi connectivity index (χ1n) is 6.80. The number of halogens is 2. The van der Waals surface area contributed by atoms with Gasteiger partial charge in [0.15, 0.2) is 11.5 Å². The summed E-state index contributed by atoms with van der Waals surface area (Å²) < 4.78 is 28.8. The first kappa shape index (κ1) is 15.0. The van der Waals surface area contributed by atoms with Gasteiger partial charge in [-0.25, -0.2) is 4.99 Å². The molecule has 0 bridgehead atoms. The van der Waals surface area contributed by atoms with Gasteiger partial charge < -0.3 is 10.5 Å². The van der Waals surface area contributed by atoms with Crippen LogP contribution in [0.15, 0.2) is 59.6 Å². The van der Waals surface area contributed by atoms with Gasteiger partial charge in [0.1, 0.15) is 5.75 Å². The Hall–Kier alpha value is -2.96. The molecule has 5 nitrogen and oxygen atoms in total. The number of carbonyl (C=O) groups is 1. The first-order valence-corrected chi connectivity index (χ1v) is 6.80. The lowest BCUT2D eigenvalue weighted by molar-refractivity contribution is -0.122. The minimum atomic E-state index is -2.91. The normalized spacial score (nSPS) is 20.3. The summed E-state index contributed by atoms with van der Waals surface area (Å²) in [5.74, 6) is -0.391. The number of ether oxygens (including phenoxy) is 1. The van der Waals surface area contributed by atoms with Crippen LogP contribution in [0, 0.1) is 0 Å². The SMILES string of the molecule is NC1=NC(c2ccccc2)(c2ccc(OC(F)F)cc2)C(=O)N1. The van der Waals surface area contributed by atoms with Crippen LogP contribution in [0.2, 0.25) is 0 Å². The molecule has 0 aromatic heterocycles. The first-order chi connectivity index (χ1) is 11.0. The van der Waals surface area contributed by atoms with Crippen molar-refractivity contribution in [1.82, 2.24) is 5.32 Å². The fourth-order valence-corrected chi connectivity index (χ4v) is 2.58. The number of amides is 1. The summed E-state index contributed by atoms with van der Waals surface area (Å²) in [5.41, 5.74) is 5.46. The number of nitrogens with one attached hydrogen (secondary N) is 1. The second-order valence-electron chi connectivity index (χ2n) is 4.93. The molecule has 0 spiro atoms. The zero-order chi connectivity index (χ0) is 16.4. The summed E-state index contributed by atoms with van der Waals surface area (Å²) in [6.45, 7) is -2.91.